The maximum absolute atomic E-state index is 2.20. The van der Waals surface area contributed by atoms with Crippen molar-refractivity contribution in [2.24, 2.45) is 0 Å². The van der Waals surface area contributed by atoms with E-state index in [4.69, 9.17) is 0 Å². The Kier molecular flexibility index (Phi) is 4.55. The van der Waals surface area contributed by atoms with Crippen LogP contribution < -0.4 is 0 Å². The molecule has 72 valence electrons. The first kappa shape index (κ1) is 11.7. The van der Waals surface area contributed by atoms with Crippen molar-refractivity contribution in [2.75, 3.05) is 0 Å². The summed E-state index contributed by atoms with van der Waals surface area (Å²) in [6, 6.07) is 12.8. The van der Waals surface area contributed by atoms with Crippen LogP contribution in [0.2, 0.25) is 0 Å². The van der Waals surface area contributed by atoms with Crippen LogP contribution in [0.3, 0.4) is 0 Å². The third kappa shape index (κ3) is 3.76. The number of hydrogen-bond acceptors (Lipinski definition) is 0. The van der Waals surface area contributed by atoms with Crippen LogP contribution in [0, 0.1) is 6.92 Å². The molecule has 2 aromatic carbocycles. The standard InChI is InChI=1S/C10H9.C3H6.Zr/c1-8-6-9-4-2-3-5-10(9)7-8;1-3-2;/h2-7H,1H3;1-2H3;/q-1;;. The van der Waals surface area contributed by atoms with Crippen molar-refractivity contribution in [3.8, 4) is 0 Å². The van der Waals surface area contributed by atoms with Crippen LogP contribution >= 0.6 is 0 Å². The second-order valence-corrected chi connectivity index (χ2v) is 6.12. The molecule has 1 heteroatoms. The number of rotatable bonds is 0. The minimum atomic E-state index is 1.35. The van der Waals surface area contributed by atoms with Crippen molar-refractivity contribution in [3.63, 3.8) is 0 Å². The molecule has 0 aromatic heterocycles. The first-order chi connectivity index (χ1) is 6.59. The number of aryl methyl sites for hydroxylation is 1. The Bertz CT molecular complexity index is 386. The Morgan fingerprint density at radius 1 is 1.21 bits per heavy atom. The molecule has 0 radical (unpaired) electrons. The van der Waals surface area contributed by atoms with Gasteiger partial charge in [-0.25, -0.2) is 0 Å². The third-order valence-electron chi connectivity index (χ3n) is 1.76. The third-order valence-corrected chi connectivity index (χ3v) is 1.76. The van der Waals surface area contributed by atoms with E-state index in [1.54, 1.807) is 24.2 Å². The maximum Gasteiger partial charge on any atom is -0.0579 e. The topological polar surface area (TPSA) is 0 Å². The summed E-state index contributed by atoms with van der Waals surface area (Å²) >= 11 is 1.55. The number of fused-ring (bicyclic) bond motifs is 1. The van der Waals surface area contributed by atoms with Gasteiger partial charge in [-0.05, 0) is 0 Å². The Morgan fingerprint density at radius 3 is 2.36 bits per heavy atom. The van der Waals surface area contributed by atoms with Gasteiger partial charge in [0.1, 0.15) is 0 Å². The Morgan fingerprint density at radius 2 is 1.79 bits per heavy atom. The van der Waals surface area contributed by atoms with E-state index in [1.165, 1.54) is 19.5 Å². The molecule has 0 N–H and O–H groups in total. The Labute approximate surface area is 101 Å². The zero-order valence-electron chi connectivity index (χ0n) is 8.96. The fourth-order valence-corrected chi connectivity index (χ4v) is 1.31. The molecule has 0 spiro atoms. The molecule has 0 saturated heterocycles. The summed E-state index contributed by atoms with van der Waals surface area (Å²) in [4.78, 5) is 0. The minimum Gasteiger partial charge on any atom is -0.165 e. The van der Waals surface area contributed by atoms with Gasteiger partial charge in [0.15, 0.2) is 0 Å². The SMILES string of the molecule is C[C](C)=[Zr].Cc1cc2ccccc2[cH-]1. The van der Waals surface area contributed by atoms with Crippen molar-refractivity contribution < 1.29 is 24.2 Å². The van der Waals surface area contributed by atoms with Gasteiger partial charge in [-0.3, -0.25) is 0 Å². The molecule has 2 aromatic rings. The summed E-state index contributed by atoms with van der Waals surface area (Å²) in [5, 5.41) is 2.69. The fraction of sp³-hybridized carbons (Fsp3) is 0.231. The van der Waals surface area contributed by atoms with Gasteiger partial charge < -0.3 is 0 Å². The van der Waals surface area contributed by atoms with Gasteiger partial charge in [-0.15, -0.1) is 40.6 Å². The van der Waals surface area contributed by atoms with Crippen molar-refractivity contribution >= 4 is 14.0 Å². The van der Waals surface area contributed by atoms with E-state index in [2.05, 4.69) is 57.2 Å². The van der Waals surface area contributed by atoms with Crippen LogP contribution in [0.5, 0.6) is 0 Å². The van der Waals surface area contributed by atoms with Crippen LogP contribution in [0.15, 0.2) is 36.4 Å². The largest absolute Gasteiger partial charge is 0.165 e. The van der Waals surface area contributed by atoms with Gasteiger partial charge in [-0.2, -0.15) is 6.07 Å². The van der Waals surface area contributed by atoms with Gasteiger partial charge >= 0.3 is 41.3 Å². The predicted octanol–water partition coefficient (Wildman–Crippen LogP) is 3.61. The molecule has 0 amide bonds. The van der Waals surface area contributed by atoms with Crippen molar-refractivity contribution in [2.45, 2.75) is 20.8 Å². The van der Waals surface area contributed by atoms with Crippen molar-refractivity contribution in [1.82, 2.24) is 0 Å². The number of benzene rings is 1. The summed E-state index contributed by atoms with van der Waals surface area (Å²) in [6.45, 7) is 6.37. The quantitative estimate of drug-likeness (QED) is 0.636. The van der Waals surface area contributed by atoms with E-state index in [0.29, 0.717) is 0 Å². The molecule has 0 fully saturated rings. The van der Waals surface area contributed by atoms with Gasteiger partial charge in [-0.1, -0.05) is 13.0 Å². The van der Waals surface area contributed by atoms with Crippen molar-refractivity contribution in [3.05, 3.63) is 42.0 Å². The minimum absolute atomic E-state index is 1.35. The molecular weight excluding hydrogens is 247 g/mol. The van der Waals surface area contributed by atoms with E-state index in [1.807, 2.05) is 0 Å². The summed E-state index contributed by atoms with van der Waals surface area (Å²) < 4.78 is 1.51. The molecular formula is C13H15Zr-. The second-order valence-electron chi connectivity index (χ2n) is 3.66. The Hall–Kier alpha value is -0.417. The Balaban J connectivity index is 0.000000213. The molecule has 0 aliphatic heterocycles. The van der Waals surface area contributed by atoms with Crippen molar-refractivity contribution in [1.29, 1.82) is 0 Å². The van der Waals surface area contributed by atoms with E-state index in [9.17, 15) is 0 Å². The van der Waals surface area contributed by atoms with Gasteiger partial charge in [0.05, 0.1) is 0 Å². The van der Waals surface area contributed by atoms with E-state index < -0.39 is 0 Å². The first-order valence-corrected chi connectivity index (χ1v) is 5.96. The molecule has 14 heavy (non-hydrogen) atoms. The van der Waals surface area contributed by atoms with Gasteiger partial charge in [0, 0.05) is 0 Å². The first-order valence-electron chi connectivity index (χ1n) is 4.73. The number of hydrogen-bond donors (Lipinski definition) is 0. The monoisotopic (exact) mass is 261 g/mol. The van der Waals surface area contributed by atoms with Crippen LogP contribution in [-0.2, 0) is 24.2 Å². The molecule has 0 aliphatic rings. The molecule has 0 heterocycles. The second kappa shape index (κ2) is 5.46. The molecule has 0 nitrogen and oxygen atoms in total. The molecule has 0 saturated carbocycles. The van der Waals surface area contributed by atoms with Crippen LogP contribution in [0.1, 0.15) is 19.4 Å². The average molecular weight is 262 g/mol. The normalized spacial score (nSPS) is 9.29. The molecule has 0 atom stereocenters. The van der Waals surface area contributed by atoms with Crippen LogP contribution in [-0.4, -0.2) is 3.21 Å². The van der Waals surface area contributed by atoms with E-state index in [0.717, 1.165) is 0 Å². The molecule has 0 bridgehead atoms. The molecule has 0 unspecified atom stereocenters. The summed E-state index contributed by atoms with van der Waals surface area (Å²) in [7, 11) is 0. The van der Waals surface area contributed by atoms with Crippen LogP contribution in [0.25, 0.3) is 10.8 Å². The average Bonchev–Trinajstić information content (AvgIpc) is 2.42. The summed E-state index contributed by atoms with van der Waals surface area (Å²) in [6.07, 6.45) is 0. The molecule has 2 rings (SSSR count). The fourth-order valence-electron chi connectivity index (χ4n) is 1.31. The van der Waals surface area contributed by atoms with Crippen LogP contribution in [0.4, 0.5) is 0 Å². The summed E-state index contributed by atoms with van der Waals surface area (Å²) in [5.74, 6) is 0. The van der Waals surface area contributed by atoms with Gasteiger partial charge in [0.2, 0.25) is 0 Å². The summed E-state index contributed by atoms with van der Waals surface area (Å²) in [5.41, 5.74) is 1.35. The zero-order chi connectivity index (χ0) is 10.6. The maximum atomic E-state index is 2.20. The smallest absolute Gasteiger partial charge is 0.0579 e. The van der Waals surface area contributed by atoms with E-state index >= 15 is 0 Å². The molecule has 0 aliphatic carbocycles. The zero-order valence-corrected chi connectivity index (χ0v) is 11.4. The van der Waals surface area contributed by atoms with E-state index in [-0.39, 0.29) is 0 Å². The van der Waals surface area contributed by atoms with Gasteiger partial charge in [0.25, 0.3) is 0 Å². The predicted molar refractivity (Wildman–Crippen MR) is 60.6 cm³/mol.